The highest BCUT2D eigenvalue weighted by Crippen LogP contribution is 2.40. The Kier molecular flexibility index (Phi) is 10.3. The lowest BCUT2D eigenvalue weighted by Gasteiger charge is -2.40. The Bertz CT molecular complexity index is 1290. The van der Waals surface area contributed by atoms with Crippen LogP contribution in [0.1, 0.15) is 62.3 Å². The van der Waals surface area contributed by atoms with Gasteiger partial charge in [0, 0.05) is 57.0 Å². The molecule has 42 heavy (non-hydrogen) atoms. The normalized spacial score (nSPS) is 17.8. The van der Waals surface area contributed by atoms with Crippen molar-refractivity contribution in [2.75, 3.05) is 39.3 Å². The summed E-state index contributed by atoms with van der Waals surface area (Å²) in [4.78, 5) is 31.1. The molecule has 2 N–H and O–H groups in total. The third-order valence-corrected chi connectivity index (χ3v) is 8.80. The third kappa shape index (κ3) is 8.63. The minimum Gasteiger partial charge on any atom is -0.478 e. The number of H-pyrrole nitrogens is 1. The van der Waals surface area contributed by atoms with Crippen molar-refractivity contribution >= 4 is 12.0 Å². The van der Waals surface area contributed by atoms with Crippen LogP contribution in [0.2, 0.25) is 0 Å². The molecule has 0 bridgehead atoms. The number of nitrogens with one attached hydrogen (secondary N) is 1. The molecule has 4 heterocycles. The summed E-state index contributed by atoms with van der Waals surface area (Å²) >= 11 is 0. The van der Waals surface area contributed by atoms with Crippen molar-refractivity contribution < 1.29 is 9.90 Å². The summed E-state index contributed by atoms with van der Waals surface area (Å²) in [6.45, 7) is 15.1. The van der Waals surface area contributed by atoms with Gasteiger partial charge < -0.3 is 24.5 Å². The molecular weight excluding hydrogens is 526 g/mol. The lowest BCUT2D eigenvalue weighted by Crippen LogP contribution is -2.42. The van der Waals surface area contributed by atoms with Crippen molar-refractivity contribution in [2.24, 2.45) is 11.3 Å². The van der Waals surface area contributed by atoms with Crippen LogP contribution in [0.4, 0.5) is 0 Å². The molecule has 9 nitrogen and oxygen atoms in total. The van der Waals surface area contributed by atoms with E-state index in [4.69, 9.17) is 10.1 Å². The molecule has 0 unspecified atom stereocenters. The van der Waals surface area contributed by atoms with Crippen LogP contribution in [0, 0.1) is 11.3 Å². The van der Waals surface area contributed by atoms with Crippen molar-refractivity contribution in [3.05, 3.63) is 77.9 Å². The Morgan fingerprint density at radius 2 is 1.88 bits per heavy atom. The maximum Gasteiger partial charge on any atom is 0.328 e. The monoisotopic (exact) mass is 573 g/mol. The van der Waals surface area contributed by atoms with Crippen LogP contribution in [0.3, 0.4) is 0 Å². The van der Waals surface area contributed by atoms with Gasteiger partial charge in [0.2, 0.25) is 0 Å². The van der Waals surface area contributed by atoms with Crippen LogP contribution >= 0.6 is 0 Å². The van der Waals surface area contributed by atoms with E-state index in [0.717, 1.165) is 48.2 Å². The molecule has 2 saturated heterocycles. The molecule has 0 aliphatic carbocycles. The number of aliphatic carboxylic acids is 1. The minimum absolute atomic E-state index is 0.542. The van der Waals surface area contributed by atoms with E-state index in [9.17, 15) is 4.79 Å². The van der Waals surface area contributed by atoms with Crippen molar-refractivity contribution in [3.8, 4) is 0 Å². The average Bonchev–Trinajstić information content (AvgIpc) is 3.72. The largest absolute Gasteiger partial charge is 0.478 e. The number of nitrogens with zero attached hydrogens (tertiary/aromatic N) is 6. The Balaban J connectivity index is 1.15. The zero-order chi connectivity index (χ0) is 29.4. The van der Waals surface area contributed by atoms with Crippen LogP contribution in [-0.4, -0.2) is 84.6 Å². The van der Waals surface area contributed by atoms with Gasteiger partial charge in [-0.15, -0.1) is 0 Å². The van der Waals surface area contributed by atoms with Crippen molar-refractivity contribution in [1.29, 1.82) is 0 Å². The number of benzene rings is 1. The summed E-state index contributed by atoms with van der Waals surface area (Å²) in [6.07, 6.45) is 15.6. The molecule has 0 amide bonds. The average molecular weight is 574 g/mol. The van der Waals surface area contributed by atoms with Crippen molar-refractivity contribution in [3.63, 3.8) is 0 Å². The Labute approximate surface area is 250 Å². The first-order chi connectivity index (χ1) is 20.4. The molecule has 0 atom stereocenters. The zero-order valence-electron chi connectivity index (χ0n) is 25.3. The molecule has 9 heteroatoms. The van der Waals surface area contributed by atoms with Gasteiger partial charge in [0.1, 0.15) is 11.6 Å². The highest BCUT2D eigenvalue weighted by atomic mass is 16.4. The molecule has 2 aliphatic heterocycles. The molecule has 1 aromatic carbocycles. The van der Waals surface area contributed by atoms with Gasteiger partial charge in [-0.2, -0.15) is 0 Å². The standard InChI is InChI=1S/C33H47N7O2/c1-27(2)22-37-17-9-33(10-18-37)11-19-38(26-33)15-4-16-40-20-14-36-31(40)25-39(24-30-34-12-13-35-30)23-29-6-3-5-28(21-29)7-8-32(41)42/h3,5-8,12-14,20-21,27H,4,9-11,15-19,22-26H2,1-2H3,(H,34,35)(H,41,42)/b8-7+. The number of carboxylic acid groups (broad SMARTS) is 1. The van der Waals surface area contributed by atoms with E-state index in [0.29, 0.717) is 25.0 Å². The SMILES string of the molecule is CC(C)CN1CCC2(CC1)CCN(CCCn1ccnc1CN(Cc1cccc(/C=C/C(=O)O)c1)Cc1ncc[nH]1)C2. The summed E-state index contributed by atoms with van der Waals surface area (Å²) in [5, 5.41) is 9.00. The number of piperidine rings is 1. The van der Waals surface area contributed by atoms with Gasteiger partial charge in [0.15, 0.2) is 0 Å². The molecule has 226 valence electrons. The number of imidazole rings is 2. The van der Waals surface area contributed by atoms with E-state index < -0.39 is 5.97 Å². The third-order valence-electron chi connectivity index (χ3n) is 8.80. The highest BCUT2D eigenvalue weighted by molar-refractivity contribution is 5.85. The second kappa shape index (κ2) is 14.3. The highest BCUT2D eigenvalue weighted by Gasteiger charge is 2.40. The van der Waals surface area contributed by atoms with E-state index in [1.165, 1.54) is 58.1 Å². The van der Waals surface area contributed by atoms with Crippen molar-refractivity contribution in [2.45, 2.75) is 65.7 Å². The summed E-state index contributed by atoms with van der Waals surface area (Å²) in [7, 11) is 0. The van der Waals surface area contributed by atoms with Gasteiger partial charge >= 0.3 is 5.97 Å². The summed E-state index contributed by atoms with van der Waals surface area (Å²) in [5.41, 5.74) is 2.53. The number of hydrogen-bond acceptors (Lipinski definition) is 6. The molecule has 2 aliphatic rings. The molecule has 2 aromatic heterocycles. The molecular formula is C33H47N7O2. The van der Waals surface area contributed by atoms with Gasteiger partial charge in [0.05, 0.1) is 13.1 Å². The predicted octanol–water partition coefficient (Wildman–Crippen LogP) is 4.74. The quantitative estimate of drug-likeness (QED) is 0.269. The van der Waals surface area contributed by atoms with Crippen molar-refractivity contribution in [1.82, 2.24) is 34.2 Å². The van der Waals surface area contributed by atoms with Crippen LogP contribution in [0.15, 0.2) is 55.1 Å². The molecule has 2 fully saturated rings. The Morgan fingerprint density at radius 3 is 2.62 bits per heavy atom. The van der Waals surface area contributed by atoms with E-state index in [1.807, 2.05) is 30.6 Å². The van der Waals surface area contributed by atoms with E-state index in [2.05, 4.69) is 55.3 Å². The number of aromatic nitrogens is 4. The lowest BCUT2D eigenvalue weighted by molar-refractivity contribution is -0.131. The maximum absolute atomic E-state index is 11.0. The predicted molar refractivity (Wildman–Crippen MR) is 165 cm³/mol. The number of carbonyl (C=O) groups is 1. The van der Waals surface area contributed by atoms with E-state index in [1.54, 1.807) is 12.3 Å². The molecule has 0 radical (unpaired) electrons. The smallest absolute Gasteiger partial charge is 0.328 e. The van der Waals surface area contributed by atoms with Gasteiger partial charge in [-0.25, -0.2) is 14.8 Å². The van der Waals surface area contributed by atoms with Crippen LogP contribution in [0.5, 0.6) is 0 Å². The Morgan fingerprint density at radius 1 is 1.07 bits per heavy atom. The van der Waals surface area contributed by atoms with Gasteiger partial charge in [-0.05, 0) is 80.4 Å². The summed E-state index contributed by atoms with van der Waals surface area (Å²) in [5.74, 6) is 1.77. The van der Waals surface area contributed by atoms with Gasteiger partial charge in [-0.1, -0.05) is 38.1 Å². The minimum atomic E-state index is -0.946. The molecule has 5 rings (SSSR count). The molecule has 1 spiro atoms. The van der Waals surface area contributed by atoms with Gasteiger partial charge in [-0.3, -0.25) is 4.90 Å². The Hall–Kier alpha value is -3.27. The first-order valence-corrected chi connectivity index (χ1v) is 15.5. The maximum atomic E-state index is 11.0. The number of hydrogen-bond donors (Lipinski definition) is 2. The summed E-state index contributed by atoms with van der Waals surface area (Å²) < 4.78 is 2.30. The molecule has 3 aromatic rings. The fourth-order valence-corrected chi connectivity index (χ4v) is 6.70. The summed E-state index contributed by atoms with van der Waals surface area (Å²) in [6, 6.07) is 8.01. The molecule has 0 saturated carbocycles. The zero-order valence-corrected chi connectivity index (χ0v) is 25.3. The number of aromatic amines is 1. The van der Waals surface area contributed by atoms with E-state index >= 15 is 0 Å². The topological polar surface area (TPSA) is 93.5 Å². The number of rotatable bonds is 14. The number of aryl methyl sites for hydroxylation is 1. The number of likely N-dealkylation sites (tertiary alicyclic amines) is 2. The fraction of sp³-hybridized carbons (Fsp3) is 0.545. The van der Waals surface area contributed by atoms with Crippen LogP contribution in [-0.2, 0) is 31.0 Å². The van der Waals surface area contributed by atoms with Gasteiger partial charge in [0.25, 0.3) is 0 Å². The number of carboxylic acids is 1. The van der Waals surface area contributed by atoms with E-state index in [-0.39, 0.29) is 0 Å². The second-order valence-corrected chi connectivity index (χ2v) is 12.7. The first kappa shape index (κ1) is 30.2. The van der Waals surface area contributed by atoms with Crippen LogP contribution < -0.4 is 0 Å². The van der Waals surface area contributed by atoms with Crippen LogP contribution in [0.25, 0.3) is 6.08 Å². The lowest BCUT2D eigenvalue weighted by atomic mass is 9.77. The fourth-order valence-electron chi connectivity index (χ4n) is 6.70. The second-order valence-electron chi connectivity index (χ2n) is 12.7. The first-order valence-electron chi connectivity index (χ1n) is 15.5.